The van der Waals surface area contributed by atoms with Gasteiger partial charge < -0.3 is 26.1 Å². The van der Waals surface area contributed by atoms with E-state index in [4.69, 9.17) is 10.5 Å². The van der Waals surface area contributed by atoms with E-state index in [0.29, 0.717) is 6.42 Å². The summed E-state index contributed by atoms with van der Waals surface area (Å²) in [5.74, 6) is -0.00968. The number of benzene rings is 1. The van der Waals surface area contributed by atoms with Crippen molar-refractivity contribution in [2.24, 2.45) is 5.73 Å². The van der Waals surface area contributed by atoms with Gasteiger partial charge in [0.2, 0.25) is 11.8 Å². The van der Waals surface area contributed by atoms with Crippen molar-refractivity contribution in [1.29, 1.82) is 0 Å². The number of hydrogen-bond donors (Lipinski definition) is 4. The highest BCUT2D eigenvalue weighted by atomic mass is 16.5. The molecule has 2 amide bonds. The smallest absolute Gasteiger partial charge is 0.243 e. The second kappa shape index (κ2) is 10.9. The van der Waals surface area contributed by atoms with Gasteiger partial charge in [-0.3, -0.25) is 14.6 Å². The minimum Gasteiger partial charge on any atom is -0.497 e. The van der Waals surface area contributed by atoms with Crippen molar-refractivity contribution >= 4 is 11.8 Å². The van der Waals surface area contributed by atoms with E-state index < -0.39 is 18.0 Å². The Bertz CT molecular complexity index is 961. The molecule has 5 N–H and O–H groups in total. The van der Waals surface area contributed by atoms with Crippen molar-refractivity contribution in [3.05, 3.63) is 78.1 Å². The molecular weight excluding hydrogens is 396 g/mol. The first-order valence-corrected chi connectivity index (χ1v) is 9.89. The number of aromatic nitrogens is 3. The average Bonchev–Trinajstić information content (AvgIpc) is 3.31. The maximum Gasteiger partial charge on any atom is 0.243 e. The van der Waals surface area contributed by atoms with Gasteiger partial charge in [0.1, 0.15) is 11.8 Å². The molecule has 0 radical (unpaired) electrons. The molecule has 9 heteroatoms. The predicted molar refractivity (Wildman–Crippen MR) is 115 cm³/mol. The summed E-state index contributed by atoms with van der Waals surface area (Å²) in [6, 6.07) is 11.2. The number of amides is 2. The van der Waals surface area contributed by atoms with E-state index in [1.807, 2.05) is 36.4 Å². The first-order valence-electron chi connectivity index (χ1n) is 9.89. The van der Waals surface area contributed by atoms with Crippen molar-refractivity contribution in [2.75, 3.05) is 7.11 Å². The Labute approximate surface area is 180 Å². The summed E-state index contributed by atoms with van der Waals surface area (Å²) < 4.78 is 5.14. The number of aromatic amines is 1. The highest BCUT2D eigenvalue weighted by molar-refractivity contribution is 5.90. The number of nitrogens with one attached hydrogen (secondary N) is 3. The lowest BCUT2D eigenvalue weighted by Crippen LogP contribution is -2.53. The number of nitrogens with two attached hydrogens (primary N) is 1. The van der Waals surface area contributed by atoms with Gasteiger partial charge >= 0.3 is 0 Å². The first-order chi connectivity index (χ1) is 15.0. The van der Waals surface area contributed by atoms with E-state index in [2.05, 4.69) is 25.6 Å². The summed E-state index contributed by atoms with van der Waals surface area (Å²) in [7, 11) is 1.59. The fourth-order valence-electron chi connectivity index (χ4n) is 3.02. The molecular formula is C22H26N6O3. The van der Waals surface area contributed by atoms with Gasteiger partial charge in [0.05, 0.1) is 31.7 Å². The Morgan fingerprint density at radius 3 is 2.58 bits per heavy atom. The minimum absolute atomic E-state index is 0.257. The van der Waals surface area contributed by atoms with Gasteiger partial charge in [-0.15, -0.1) is 0 Å². The molecule has 0 aliphatic carbocycles. The van der Waals surface area contributed by atoms with Crippen molar-refractivity contribution < 1.29 is 14.3 Å². The van der Waals surface area contributed by atoms with Crippen LogP contribution in [-0.4, -0.2) is 46.0 Å². The van der Waals surface area contributed by atoms with Gasteiger partial charge in [-0.05, 0) is 36.2 Å². The zero-order valence-corrected chi connectivity index (χ0v) is 17.2. The van der Waals surface area contributed by atoms with Crippen LogP contribution >= 0.6 is 0 Å². The highest BCUT2D eigenvalue weighted by Gasteiger charge is 2.24. The van der Waals surface area contributed by atoms with Crippen LogP contribution in [0.4, 0.5) is 0 Å². The third-order valence-electron chi connectivity index (χ3n) is 4.73. The molecule has 0 bridgehead atoms. The number of H-pyrrole nitrogens is 1. The molecule has 162 valence electrons. The molecule has 1 aromatic carbocycles. The van der Waals surface area contributed by atoms with Crippen molar-refractivity contribution in [3.63, 3.8) is 0 Å². The average molecular weight is 422 g/mol. The monoisotopic (exact) mass is 422 g/mol. The lowest BCUT2D eigenvalue weighted by molar-refractivity contribution is -0.129. The number of carbonyl (C=O) groups is 2. The van der Waals surface area contributed by atoms with Gasteiger partial charge in [0.25, 0.3) is 0 Å². The summed E-state index contributed by atoms with van der Waals surface area (Å²) in [4.78, 5) is 36.6. The van der Waals surface area contributed by atoms with Crippen molar-refractivity contribution in [1.82, 2.24) is 25.6 Å². The molecule has 0 aliphatic rings. The molecule has 2 heterocycles. The largest absolute Gasteiger partial charge is 0.497 e. The van der Waals surface area contributed by atoms with E-state index in [-0.39, 0.29) is 18.9 Å². The van der Waals surface area contributed by atoms with Crippen LogP contribution in [0.3, 0.4) is 0 Å². The number of nitrogens with zero attached hydrogens (tertiary/aromatic N) is 2. The van der Waals surface area contributed by atoms with E-state index in [9.17, 15) is 9.59 Å². The number of methoxy groups -OCH3 is 1. The van der Waals surface area contributed by atoms with Gasteiger partial charge in [-0.25, -0.2) is 4.98 Å². The summed E-state index contributed by atoms with van der Waals surface area (Å²) in [6.45, 7) is 0.257. The molecule has 2 atom stereocenters. The fourth-order valence-corrected chi connectivity index (χ4v) is 3.02. The summed E-state index contributed by atoms with van der Waals surface area (Å²) >= 11 is 0. The number of carbonyl (C=O) groups excluding carboxylic acids is 2. The second-order valence-electron chi connectivity index (χ2n) is 7.04. The molecule has 2 aromatic heterocycles. The molecule has 31 heavy (non-hydrogen) atoms. The number of pyridine rings is 1. The zero-order chi connectivity index (χ0) is 22.1. The van der Waals surface area contributed by atoms with Gasteiger partial charge in [0.15, 0.2) is 0 Å². The summed E-state index contributed by atoms with van der Waals surface area (Å²) in [6.07, 6.45) is 5.39. The van der Waals surface area contributed by atoms with Crippen LogP contribution < -0.4 is 21.1 Å². The second-order valence-corrected chi connectivity index (χ2v) is 7.04. The quantitative estimate of drug-likeness (QED) is 0.380. The lowest BCUT2D eigenvalue weighted by Gasteiger charge is -2.20. The Balaban J connectivity index is 1.61. The van der Waals surface area contributed by atoms with Crippen LogP contribution in [0.2, 0.25) is 0 Å². The topological polar surface area (TPSA) is 135 Å². The van der Waals surface area contributed by atoms with Crippen LogP contribution in [0.1, 0.15) is 17.0 Å². The third kappa shape index (κ3) is 6.65. The maximum absolute atomic E-state index is 12.8. The lowest BCUT2D eigenvalue weighted by atomic mass is 10.0. The zero-order valence-electron chi connectivity index (χ0n) is 17.2. The molecule has 0 saturated carbocycles. The Morgan fingerprint density at radius 1 is 1.13 bits per heavy atom. The Kier molecular flexibility index (Phi) is 7.72. The molecule has 1 unspecified atom stereocenters. The van der Waals surface area contributed by atoms with Crippen LogP contribution in [0.25, 0.3) is 0 Å². The highest BCUT2D eigenvalue weighted by Crippen LogP contribution is 2.12. The van der Waals surface area contributed by atoms with Crippen LogP contribution in [0, 0.1) is 0 Å². The molecule has 9 nitrogen and oxygen atoms in total. The van der Waals surface area contributed by atoms with Crippen LogP contribution in [0.5, 0.6) is 5.75 Å². The molecule has 0 saturated heterocycles. The minimum atomic E-state index is -0.807. The third-order valence-corrected chi connectivity index (χ3v) is 4.73. The van der Waals surface area contributed by atoms with Crippen molar-refractivity contribution in [3.8, 4) is 5.75 Å². The van der Waals surface area contributed by atoms with Gasteiger partial charge in [-0.1, -0.05) is 18.2 Å². The summed E-state index contributed by atoms with van der Waals surface area (Å²) in [5, 5.41) is 5.58. The van der Waals surface area contributed by atoms with E-state index in [1.54, 1.807) is 25.6 Å². The summed E-state index contributed by atoms with van der Waals surface area (Å²) in [5.41, 5.74) is 8.44. The normalized spacial score (nSPS) is 12.6. The standard InChI is InChI=1S/C22H26N6O3/c1-31-18-7-5-15(6-8-18)10-19(23)21(29)28-20(11-17-12-24-14-27-17)22(30)26-13-16-4-2-3-9-25-16/h2-9,12,14,19-20H,10-11,13,23H2,1H3,(H,24,27)(H,26,30)(H,28,29)/t19?,20-/m0/s1. The van der Waals surface area contributed by atoms with Gasteiger partial charge in [0, 0.05) is 24.5 Å². The first kappa shape index (κ1) is 22.0. The molecule has 3 rings (SSSR count). The molecule has 0 spiro atoms. The number of hydrogen-bond acceptors (Lipinski definition) is 6. The maximum atomic E-state index is 12.8. The number of ether oxygens (including phenoxy) is 1. The molecule has 3 aromatic rings. The fraction of sp³-hybridized carbons (Fsp3) is 0.273. The van der Waals surface area contributed by atoms with Crippen molar-refractivity contribution in [2.45, 2.75) is 31.5 Å². The van der Waals surface area contributed by atoms with Crippen LogP contribution in [0.15, 0.2) is 61.2 Å². The molecule has 0 fully saturated rings. The van der Waals surface area contributed by atoms with Crippen LogP contribution in [-0.2, 0) is 29.0 Å². The number of rotatable bonds is 10. The van der Waals surface area contributed by atoms with E-state index in [1.165, 1.54) is 6.33 Å². The predicted octanol–water partition coefficient (Wildman–Crippen LogP) is 0.727. The number of imidazole rings is 1. The SMILES string of the molecule is COc1ccc(CC(N)C(=O)N[C@@H](Cc2cnc[nH]2)C(=O)NCc2ccccn2)cc1. The Morgan fingerprint density at radius 2 is 1.94 bits per heavy atom. The van der Waals surface area contributed by atoms with E-state index in [0.717, 1.165) is 22.7 Å². The van der Waals surface area contributed by atoms with Gasteiger partial charge in [-0.2, -0.15) is 0 Å². The Hall–Kier alpha value is -3.72. The molecule has 0 aliphatic heterocycles. The van der Waals surface area contributed by atoms with E-state index >= 15 is 0 Å².